The number of rotatable bonds is 1. The number of aromatic nitrogens is 2. The number of nitrogens with zero attached hydrogens (tertiary/aromatic N) is 3. The lowest BCUT2D eigenvalue weighted by Crippen LogP contribution is -2.37. The second-order valence-corrected chi connectivity index (χ2v) is 5.76. The summed E-state index contributed by atoms with van der Waals surface area (Å²) in [6.07, 6.45) is 0. The third kappa shape index (κ3) is 2.00. The lowest BCUT2D eigenvalue weighted by atomic mass is 9.91. The van der Waals surface area contributed by atoms with E-state index in [-0.39, 0.29) is 5.91 Å². The molecule has 1 aliphatic rings. The van der Waals surface area contributed by atoms with Crippen LogP contribution in [0, 0.1) is 17.2 Å². The van der Waals surface area contributed by atoms with Crippen molar-refractivity contribution in [1.82, 2.24) is 9.55 Å². The number of carbonyl (C=O) groups excluding carboxylic acids is 1. The summed E-state index contributed by atoms with van der Waals surface area (Å²) in [6, 6.07) is 16.4. The molecule has 1 aliphatic heterocycles. The van der Waals surface area contributed by atoms with E-state index in [4.69, 9.17) is 11.6 Å². The van der Waals surface area contributed by atoms with E-state index in [0.717, 1.165) is 16.6 Å². The van der Waals surface area contributed by atoms with Crippen LogP contribution >= 0.6 is 11.6 Å². The maximum atomic E-state index is 12.3. The monoisotopic (exact) mass is 322 g/mol. The van der Waals surface area contributed by atoms with E-state index in [2.05, 4.69) is 16.4 Å². The van der Waals surface area contributed by atoms with E-state index in [1.807, 2.05) is 47.0 Å². The molecule has 4 rings (SSSR count). The highest BCUT2D eigenvalue weighted by Crippen LogP contribution is 2.39. The first-order chi connectivity index (χ1) is 11.2. The number of amides is 1. The molecular weight excluding hydrogens is 312 g/mol. The van der Waals surface area contributed by atoms with Crippen LogP contribution in [0.2, 0.25) is 5.02 Å². The Hall–Kier alpha value is -2.84. The van der Waals surface area contributed by atoms with Gasteiger partial charge in [0.2, 0.25) is 11.9 Å². The molecule has 0 saturated carbocycles. The lowest BCUT2D eigenvalue weighted by Gasteiger charge is -2.30. The van der Waals surface area contributed by atoms with Crippen LogP contribution < -0.4 is 5.32 Å². The van der Waals surface area contributed by atoms with Gasteiger partial charge in [-0.3, -0.25) is 10.1 Å². The van der Waals surface area contributed by atoms with Crippen molar-refractivity contribution in [2.75, 3.05) is 5.32 Å². The highest BCUT2D eigenvalue weighted by molar-refractivity contribution is 6.31. The van der Waals surface area contributed by atoms with E-state index in [0.29, 0.717) is 11.0 Å². The zero-order valence-electron chi connectivity index (χ0n) is 11.9. The van der Waals surface area contributed by atoms with Gasteiger partial charge in [0.25, 0.3) is 0 Å². The molecule has 2 aromatic carbocycles. The van der Waals surface area contributed by atoms with Crippen molar-refractivity contribution >= 4 is 34.5 Å². The first-order valence-electron chi connectivity index (χ1n) is 7.12. The Morgan fingerprint density at radius 2 is 1.91 bits per heavy atom. The van der Waals surface area contributed by atoms with Crippen LogP contribution in [0.5, 0.6) is 0 Å². The molecule has 2 unspecified atom stereocenters. The summed E-state index contributed by atoms with van der Waals surface area (Å²) in [5.74, 6) is -0.798. The molecule has 0 spiro atoms. The fraction of sp³-hybridized carbons (Fsp3) is 0.118. The molecule has 0 radical (unpaired) electrons. The van der Waals surface area contributed by atoms with Gasteiger partial charge >= 0.3 is 0 Å². The van der Waals surface area contributed by atoms with Crippen molar-refractivity contribution in [1.29, 1.82) is 5.26 Å². The molecule has 1 N–H and O–H groups in total. The maximum Gasteiger partial charge on any atom is 0.246 e. The van der Waals surface area contributed by atoms with Gasteiger partial charge in [-0.25, -0.2) is 4.98 Å². The molecule has 0 aliphatic carbocycles. The molecule has 5 nitrogen and oxygen atoms in total. The fourth-order valence-corrected chi connectivity index (χ4v) is 3.30. The third-order valence-electron chi connectivity index (χ3n) is 4.07. The van der Waals surface area contributed by atoms with Crippen LogP contribution in [-0.4, -0.2) is 15.5 Å². The molecule has 112 valence electrons. The Morgan fingerprint density at radius 1 is 1.17 bits per heavy atom. The minimum absolute atomic E-state index is 0.361. The van der Waals surface area contributed by atoms with Crippen molar-refractivity contribution in [3.63, 3.8) is 0 Å². The van der Waals surface area contributed by atoms with Crippen LogP contribution in [0.15, 0.2) is 48.5 Å². The number of para-hydroxylation sites is 2. The fourth-order valence-electron chi connectivity index (χ4n) is 3.06. The standard InChI is InChI=1S/C17H11ClN4O/c18-12-6-2-1-5-10(12)15-11(9-19)16(23)21-17-20-13-7-3-4-8-14(13)22(15)17/h1-8,11,15H,(H,20,21,23). The highest BCUT2D eigenvalue weighted by atomic mass is 35.5. The summed E-state index contributed by atoms with van der Waals surface area (Å²) in [4.78, 5) is 16.8. The molecule has 23 heavy (non-hydrogen) atoms. The summed E-state index contributed by atoms with van der Waals surface area (Å²) < 4.78 is 1.88. The van der Waals surface area contributed by atoms with Crippen molar-refractivity contribution in [2.45, 2.75) is 6.04 Å². The van der Waals surface area contributed by atoms with Gasteiger partial charge in [-0.15, -0.1) is 0 Å². The normalized spacial score (nSPS) is 19.9. The Kier molecular flexibility index (Phi) is 3.07. The van der Waals surface area contributed by atoms with Crippen molar-refractivity contribution in [3.05, 3.63) is 59.1 Å². The second-order valence-electron chi connectivity index (χ2n) is 5.36. The maximum absolute atomic E-state index is 12.3. The topological polar surface area (TPSA) is 70.7 Å². The summed E-state index contributed by atoms with van der Waals surface area (Å²) in [7, 11) is 0. The summed E-state index contributed by atoms with van der Waals surface area (Å²) >= 11 is 6.34. The molecular formula is C17H11ClN4O. The Morgan fingerprint density at radius 3 is 2.70 bits per heavy atom. The number of fused-ring (bicyclic) bond motifs is 3. The largest absolute Gasteiger partial charge is 0.300 e. The lowest BCUT2D eigenvalue weighted by molar-refractivity contribution is -0.119. The van der Waals surface area contributed by atoms with Crippen molar-refractivity contribution in [2.24, 2.45) is 5.92 Å². The van der Waals surface area contributed by atoms with E-state index in [1.54, 1.807) is 6.07 Å². The van der Waals surface area contributed by atoms with Crippen molar-refractivity contribution in [3.8, 4) is 6.07 Å². The molecule has 6 heteroatoms. The van der Waals surface area contributed by atoms with Crippen LogP contribution in [-0.2, 0) is 4.79 Å². The first-order valence-corrected chi connectivity index (χ1v) is 7.50. The number of imidazole rings is 1. The van der Waals surface area contributed by atoms with Crippen LogP contribution in [0.25, 0.3) is 11.0 Å². The average molecular weight is 323 g/mol. The highest BCUT2D eigenvalue weighted by Gasteiger charge is 2.39. The Labute approximate surface area is 137 Å². The van der Waals surface area contributed by atoms with Gasteiger partial charge < -0.3 is 4.57 Å². The number of benzene rings is 2. The van der Waals surface area contributed by atoms with E-state index in [9.17, 15) is 10.1 Å². The molecule has 2 heterocycles. The molecule has 1 aromatic heterocycles. The zero-order valence-corrected chi connectivity index (χ0v) is 12.7. The number of nitrogens with one attached hydrogen (secondary N) is 1. The predicted molar refractivity (Wildman–Crippen MR) is 87.1 cm³/mol. The number of nitriles is 1. The average Bonchev–Trinajstić information content (AvgIpc) is 2.92. The molecule has 3 aromatic rings. The smallest absolute Gasteiger partial charge is 0.246 e. The zero-order chi connectivity index (χ0) is 16.0. The minimum Gasteiger partial charge on any atom is -0.300 e. The van der Waals surface area contributed by atoms with Crippen molar-refractivity contribution < 1.29 is 4.79 Å². The number of hydrogen-bond acceptors (Lipinski definition) is 3. The summed E-state index contributed by atoms with van der Waals surface area (Å²) in [5, 5.41) is 12.8. The van der Waals surface area contributed by atoms with Gasteiger partial charge in [0.05, 0.1) is 23.1 Å². The van der Waals surface area contributed by atoms with Crippen LogP contribution in [0.1, 0.15) is 11.6 Å². The van der Waals surface area contributed by atoms with E-state index >= 15 is 0 Å². The van der Waals surface area contributed by atoms with Gasteiger partial charge in [0, 0.05) is 5.02 Å². The number of hydrogen-bond donors (Lipinski definition) is 1. The third-order valence-corrected chi connectivity index (χ3v) is 4.41. The Bertz CT molecular complexity index is 972. The first kappa shape index (κ1) is 13.8. The molecule has 0 bridgehead atoms. The number of halogens is 1. The SMILES string of the molecule is N#CC1C(=O)Nc2nc3ccccc3n2C1c1ccccc1Cl. The quantitative estimate of drug-likeness (QED) is 0.746. The van der Waals surface area contributed by atoms with Crippen LogP contribution in [0.3, 0.4) is 0 Å². The number of carbonyl (C=O) groups is 1. The Balaban J connectivity index is 2.05. The van der Waals surface area contributed by atoms with Gasteiger partial charge in [-0.05, 0) is 23.8 Å². The van der Waals surface area contributed by atoms with Gasteiger partial charge in [0.15, 0.2) is 5.92 Å². The van der Waals surface area contributed by atoms with Gasteiger partial charge in [-0.1, -0.05) is 41.9 Å². The second kappa shape index (κ2) is 5.11. The van der Waals surface area contributed by atoms with E-state index in [1.165, 1.54) is 0 Å². The predicted octanol–water partition coefficient (Wildman–Crippen LogP) is 3.37. The van der Waals surface area contributed by atoms with E-state index < -0.39 is 12.0 Å². The van der Waals surface area contributed by atoms with Gasteiger partial charge in [-0.2, -0.15) is 5.26 Å². The molecule has 0 fully saturated rings. The number of anilines is 1. The molecule has 0 saturated heterocycles. The van der Waals surface area contributed by atoms with Gasteiger partial charge in [0.1, 0.15) is 0 Å². The summed E-state index contributed by atoms with van der Waals surface area (Å²) in [5.41, 5.74) is 2.35. The van der Waals surface area contributed by atoms with Crippen LogP contribution in [0.4, 0.5) is 5.95 Å². The minimum atomic E-state index is -0.875. The summed E-state index contributed by atoms with van der Waals surface area (Å²) in [6.45, 7) is 0. The molecule has 2 atom stereocenters. The molecule has 1 amide bonds.